The highest BCUT2D eigenvalue weighted by molar-refractivity contribution is 8.18. The molecule has 1 fully saturated rings. The molecule has 0 bridgehead atoms. The van der Waals surface area contributed by atoms with E-state index in [0.717, 1.165) is 34.7 Å². The molecular formula is C15H11N5O3S2. The van der Waals surface area contributed by atoms with E-state index >= 15 is 0 Å². The maximum Gasteiger partial charge on any atom is 0.331 e. The summed E-state index contributed by atoms with van der Waals surface area (Å²) in [7, 11) is 1.24. The zero-order chi connectivity index (χ0) is 17.6. The number of rotatable bonds is 4. The molecule has 1 aromatic heterocycles. The van der Waals surface area contributed by atoms with Crippen molar-refractivity contribution in [2.45, 2.75) is 0 Å². The molecule has 10 heteroatoms. The molecule has 1 amide bonds. The zero-order valence-electron chi connectivity index (χ0n) is 12.9. The van der Waals surface area contributed by atoms with Gasteiger partial charge in [-0.3, -0.25) is 10.1 Å². The van der Waals surface area contributed by atoms with Gasteiger partial charge in [0.25, 0.3) is 5.91 Å². The lowest BCUT2D eigenvalue weighted by Gasteiger charge is -1.96. The predicted molar refractivity (Wildman–Crippen MR) is 96.2 cm³/mol. The van der Waals surface area contributed by atoms with Crippen molar-refractivity contribution in [3.8, 4) is 11.3 Å². The average molecular weight is 373 g/mol. The molecule has 0 saturated carbocycles. The Labute approximate surface area is 150 Å². The number of thioether (sulfide) groups is 1. The highest BCUT2D eigenvalue weighted by Crippen LogP contribution is 2.23. The molecule has 2 heterocycles. The Bertz CT molecular complexity index is 873. The molecule has 1 saturated heterocycles. The smallest absolute Gasteiger partial charge is 0.331 e. The minimum absolute atomic E-state index is 0.210. The number of ether oxygens (including phenoxy) is 1. The summed E-state index contributed by atoms with van der Waals surface area (Å²) in [6.07, 6.45) is 2.67. The quantitative estimate of drug-likeness (QED) is 0.379. The van der Waals surface area contributed by atoms with Crippen LogP contribution in [0.1, 0.15) is 5.56 Å². The van der Waals surface area contributed by atoms with Gasteiger partial charge in [-0.2, -0.15) is 5.10 Å². The van der Waals surface area contributed by atoms with Gasteiger partial charge in [-0.25, -0.2) is 4.79 Å². The number of nitrogens with one attached hydrogen (secondary N) is 1. The normalized spacial score (nSPS) is 17.4. The largest absolute Gasteiger partial charge is 0.466 e. The van der Waals surface area contributed by atoms with Crippen molar-refractivity contribution in [3.63, 3.8) is 0 Å². The third kappa shape index (κ3) is 4.37. The number of methoxy groups -OCH3 is 1. The number of aromatic nitrogens is 2. The summed E-state index contributed by atoms with van der Waals surface area (Å²) >= 11 is 2.32. The van der Waals surface area contributed by atoms with E-state index in [0.29, 0.717) is 5.17 Å². The van der Waals surface area contributed by atoms with Crippen molar-refractivity contribution in [1.82, 2.24) is 14.9 Å². The molecule has 1 aliphatic rings. The molecule has 126 valence electrons. The van der Waals surface area contributed by atoms with Gasteiger partial charge < -0.3 is 4.74 Å². The van der Waals surface area contributed by atoms with Crippen LogP contribution in [0.15, 0.2) is 50.8 Å². The predicted octanol–water partition coefficient (Wildman–Crippen LogP) is 1.81. The molecule has 0 radical (unpaired) electrons. The summed E-state index contributed by atoms with van der Waals surface area (Å²) in [5.41, 5.74) is 2.63. The topological polar surface area (TPSA) is 106 Å². The molecular weight excluding hydrogens is 362 g/mol. The minimum atomic E-state index is -0.599. The Morgan fingerprint density at radius 2 is 2.12 bits per heavy atom. The molecule has 0 atom stereocenters. The minimum Gasteiger partial charge on any atom is -0.466 e. The van der Waals surface area contributed by atoms with Crippen LogP contribution in [-0.4, -0.2) is 40.0 Å². The standard InChI is InChI=1S/C15H11N5O3S2/c1-23-13(21)6-12-14(22)17-15(25-12)19-16-7-9-2-4-10(5-3-9)11-8-24-20-18-11/h2-8H,1H3,(H,17,19,22)/b12-6+,16-7?. The number of benzene rings is 1. The molecule has 0 unspecified atom stereocenters. The van der Waals surface area contributed by atoms with E-state index in [1.807, 2.05) is 29.6 Å². The van der Waals surface area contributed by atoms with Crippen molar-refractivity contribution in [3.05, 3.63) is 46.2 Å². The number of hydrogen-bond acceptors (Lipinski definition) is 9. The zero-order valence-corrected chi connectivity index (χ0v) is 14.5. The summed E-state index contributed by atoms with van der Waals surface area (Å²) in [4.78, 5) is 23.0. The Hall–Kier alpha value is -2.85. The van der Waals surface area contributed by atoms with E-state index in [2.05, 4.69) is 29.8 Å². The Morgan fingerprint density at radius 1 is 1.32 bits per heavy atom. The Morgan fingerprint density at radius 3 is 2.80 bits per heavy atom. The second kappa shape index (κ2) is 7.81. The molecule has 2 aromatic rings. The first-order chi connectivity index (χ1) is 12.2. The molecule has 3 rings (SSSR count). The highest BCUT2D eigenvalue weighted by Gasteiger charge is 2.24. The van der Waals surface area contributed by atoms with Gasteiger partial charge in [0, 0.05) is 17.0 Å². The van der Waals surface area contributed by atoms with E-state index < -0.39 is 11.9 Å². The number of carbonyl (C=O) groups excluding carboxylic acids is 2. The summed E-state index contributed by atoms with van der Waals surface area (Å²) < 4.78 is 8.31. The average Bonchev–Trinajstić information content (AvgIpc) is 3.26. The molecule has 1 N–H and O–H groups in total. The molecule has 25 heavy (non-hydrogen) atoms. The first kappa shape index (κ1) is 17.0. The van der Waals surface area contributed by atoms with Gasteiger partial charge in [-0.05, 0) is 28.9 Å². The van der Waals surface area contributed by atoms with Crippen LogP contribution in [0.3, 0.4) is 0 Å². The van der Waals surface area contributed by atoms with E-state index in [9.17, 15) is 9.59 Å². The van der Waals surface area contributed by atoms with Crippen molar-refractivity contribution in [2.24, 2.45) is 10.2 Å². The van der Waals surface area contributed by atoms with Crippen LogP contribution >= 0.6 is 23.3 Å². The fraction of sp³-hybridized carbons (Fsp3) is 0.0667. The van der Waals surface area contributed by atoms with Gasteiger partial charge >= 0.3 is 5.97 Å². The number of amidine groups is 1. The lowest BCUT2D eigenvalue weighted by Crippen LogP contribution is -2.19. The van der Waals surface area contributed by atoms with Crippen LogP contribution in [0.2, 0.25) is 0 Å². The van der Waals surface area contributed by atoms with Crippen molar-refractivity contribution in [2.75, 3.05) is 7.11 Å². The van der Waals surface area contributed by atoms with Gasteiger partial charge in [-0.15, -0.1) is 10.2 Å². The van der Waals surface area contributed by atoms with Crippen molar-refractivity contribution in [1.29, 1.82) is 0 Å². The van der Waals surface area contributed by atoms with Gasteiger partial charge in [0.2, 0.25) is 0 Å². The van der Waals surface area contributed by atoms with Crippen LogP contribution in [0.5, 0.6) is 0 Å². The molecule has 0 spiro atoms. The molecule has 0 aliphatic carbocycles. The maximum atomic E-state index is 11.7. The third-order valence-electron chi connectivity index (χ3n) is 3.02. The summed E-state index contributed by atoms with van der Waals surface area (Å²) in [5.74, 6) is -1.01. The summed E-state index contributed by atoms with van der Waals surface area (Å²) in [6, 6.07) is 7.58. The monoisotopic (exact) mass is 373 g/mol. The van der Waals surface area contributed by atoms with E-state index in [-0.39, 0.29) is 4.91 Å². The first-order valence-electron chi connectivity index (χ1n) is 6.93. The highest BCUT2D eigenvalue weighted by atomic mass is 32.2. The Balaban J connectivity index is 1.65. The SMILES string of the molecule is COC(=O)/C=C1/S/C(=N\N=Cc2ccc(-c3csnn3)cc2)NC1=O. The molecule has 1 aliphatic heterocycles. The fourth-order valence-corrected chi connectivity index (χ4v) is 3.02. The van der Waals surface area contributed by atoms with Gasteiger partial charge in [-0.1, -0.05) is 28.8 Å². The molecule has 8 nitrogen and oxygen atoms in total. The lowest BCUT2D eigenvalue weighted by atomic mass is 10.1. The second-order valence-electron chi connectivity index (χ2n) is 4.65. The lowest BCUT2D eigenvalue weighted by molar-refractivity contribution is -0.135. The summed E-state index contributed by atoms with van der Waals surface area (Å²) in [5, 5.41) is 16.6. The number of esters is 1. The number of amides is 1. The van der Waals surface area contributed by atoms with E-state index in [1.54, 1.807) is 6.21 Å². The second-order valence-corrected chi connectivity index (χ2v) is 6.29. The van der Waals surface area contributed by atoms with E-state index in [1.165, 1.54) is 18.6 Å². The first-order valence-corrected chi connectivity index (χ1v) is 8.58. The van der Waals surface area contributed by atoms with E-state index in [4.69, 9.17) is 0 Å². The number of carbonyl (C=O) groups is 2. The van der Waals surface area contributed by atoms with Gasteiger partial charge in [0.1, 0.15) is 5.69 Å². The molecule has 1 aromatic carbocycles. The summed E-state index contributed by atoms with van der Waals surface area (Å²) in [6.45, 7) is 0. The van der Waals surface area contributed by atoms with Crippen LogP contribution in [0, 0.1) is 0 Å². The van der Waals surface area contributed by atoms with Crippen molar-refractivity contribution >= 4 is 46.6 Å². The Kier molecular flexibility index (Phi) is 5.31. The van der Waals surface area contributed by atoms with Crippen LogP contribution in [0.4, 0.5) is 0 Å². The van der Waals surface area contributed by atoms with Gasteiger partial charge in [0.05, 0.1) is 18.2 Å². The van der Waals surface area contributed by atoms with Crippen LogP contribution in [0.25, 0.3) is 11.3 Å². The maximum absolute atomic E-state index is 11.7. The van der Waals surface area contributed by atoms with Gasteiger partial charge in [0.15, 0.2) is 5.17 Å². The number of hydrogen-bond donors (Lipinski definition) is 1. The van der Waals surface area contributed by atoms with Crippen LogP contribution < -0.4 is 5.32 Å². The van der Waals surface area contributed by atoms with Crippen molar-refractivity contribution < 1.29 is 14.3 Å². The number of nitrogens with zero attached hydrogens (tertiary/aromatic N) is 4. The van der Waals surface area contributed by atoms with Crippen LogP contribution in [-0.2, 0) is 14.3 Å². The fourth-order valence-electron chi connectivity index (χ4n) is 1.82. The third-order valence-corrected chi connectivity index (χ3v) is 4.43.